The quantitative estimate of drug-likeness (QED) is 0.386. The number of likely N-dealkylation sites (N-methyl/N-ethyl adjacent to an activating group) is 1. The zero-order chi connectivity index (χ0) is 16.7. The van der Waals surface area contributed by atoms with E-state index >= 15 is 0 Å². The summed E-state index contributed by atoms with van der Waals surface area (Å²) < 4.78 is 0. The van der Waals surface area contributed by atoms with Crippen LogP contribution in [-0.4, -0.2) is 55.1 Å². The summed E-state index contributed by atoms with van der Waals surface area (Å²) in [4.78, 5) is 12.8. The van der Waals surface area contributed by atoms with E-state index in [0.717, 1.165) is 37.7 Å². The molecule has 1 unspecified atom stereocenters. The van der Waals surface area contributed by atoms with Crippen LogP contribution >= 0.6 is 35.3 Å². The summed E-state index contributed by atoms with van der Waals surface area (Å²) in [5, 5.41) is 8.09. The van der Waals surface area contributed by atoms with E-state index in [1.807, 2.05) is 7.05 Å². The van der Waals surface area contributed by atoms with Gasteiger partial charge in [-0.15, -0.1) is 35.3 Å². The predicted molar refractivity (Wildman–Crippen MR) is 115 cm³/mol. The number of halogens is 1. The summed E-state index contributed by atoms with van der Waals surface area (Å²) in [5.74, 6) is 0.900. The number of likely N-dealkylation sites (tertiary alicyclic amines) is 1. The van der Waals surface area contributed by atoms with Crippen molar-refractivity contribution in [2.75, 3.05) is 33.2 Å². The highest BCUT2D eigenvalue weighted by molar-refractivity contribution is 14.0. The van der Waals surface area contributed by atoms with E-state index in [9.17, 15) is 0 Å². The van der Waals surface area contributed by atoms with Crippen molar-refractivity contribution in [3.8, 4) is 0 Å². The lowest BCUT2D eigenvalue weighted by Gasteiger charge is -2.35. The first-order chi connectivity index (χ1) is 11.1. The molecular weight excluding hydrogens is 433 g/mol. The van der Waals surface area contributed by atoms with Gasteiger partial charge in [-0.25, -0.2) is 4.98 Å². The van der Waals surface area contributed by atoms with E-state index in [2.05, 4.69) is 46.3 Å². The van der Waals surface area contributed by atoms with Crippen LogP contribution in [0.15, 0.2) is 4.99 Å². The fourth-order valence-corrected chi connectivity index (χ4v) is 4.01. The molecule has 7 heteroatoms. The van der Waals surface area contributed by atoms with Crippen LogP contribution in [0.2, 0.25) is 0 Å². The van der Waals surface area contributed by atoms with Crippen molar-refractivity contribution in [1.82, 2.24) is 20.5 Å². The van der Waals surface area contributed by atoms with Crippen molar-refractivity contribution < 1.29 is 0 Å². The summed E-state index contributed by atoms with van der Waals surface area (Å²) in [5.41, 5.74) is 1.16. The van der Waals surface area contributed by atoms with Gasteiger partial charge in [0.2, 0.25) is 0 Å². The molecule has 1 aliphatic rings. The Hall–Kier alpha value is -0.410. The highest BCUT2D eigenvalue weighted by Crippen LogP contribution is 2.17. The fraction of sp³-hybridized carbons (Fsp3) is 0.765. The van der Waals surface area contributed by atoms with Crippen molar-refractivity contribution in [2.45, 2.75) is 52.5 Å². The van der Waals surface area contributed by atoms with E-state index < -0.39 is 0 Å². The first-order valence-corrected chi connectivity index (χ1v) is 9.57. The highest BCUT2D eigenvalue weighted by atomic mass is 127. The van der Waals surface area contributed by atoms with Crippen molar-refractivity contribution in [3.05, 3.63) is 15.6 Å². The molecule has 1 atom stereocenters. The summed E-state index contributed by atoms with van der Waals surface area (Å²) in [6.07, 6.45) is 4.92. The molecule has 2 rings (SSSR count). The third-order valence-electron chi connectivity index (χ3n) is 4.59. The number of thiazole rings is 1. The highest BCUT2D eigenvalue weighted by Gasteiger charge is 2.20. The zero-order valence-electron chi connectivity index (χ0n) is 15.4. The minimum absolute atomic E-state index is 0. The van der Waals surface area contributed by atoms with Crippen molar-refractivity contribution in [3.63, 3.8) is 0 Å². The molecule has 1 aromatic heterocycles. The Morgan fingerprint density at radius 1 is 1.33 bits per heavy atom. The first kappa shape index (κ1) is 21.6. The number of aryl methyl sites for hydroxylation is 2. The molecule has 0 saturated carbocycles. The molecule has 138 valence electrons. The van der Waals surface area contributed by atoms with E-state index in [1.165, 1.54) is 35.7 Å². The number of guanidine groups is 1. The fourth-order valence-electron chi connectivity index (χ4n) is 3.08. The lowest BCUT2D eigenvalue weighted by molar-refractivity contribution is 0.157. The van der Waals surface area contributed by atoms with Crippen LogP contribution in [0.5, 0.6) is 0 Å². The first-order valence-electron chi connectivity index (χ1n) is 8.75. The van der Waals surface area contributed by atoms with Crippen molar-refractivity contribution >= 4 is 41.3 Å². The second-order valence-corrected chi connectivity index (χ2v) is 7.45. The maximum Gasteiger partial charge on any atom is 0.191 e. The summed E-state index contributed by atoms with van der Waals surface area (Å²) >= 11 is 1.79. The Morgan fingerprint density at radius 3 is 2.75 bits per heavy atom. The van der Waals surface area contributed by atoms with Gasteiger partial charge in [0.05, 0.1) is 10.7 Å². The lowest BCUT2D eigenvalue weighted by Crippen LogP contribution is -2.49. The summed E-state index contributed by atoms with van der Waals surface area (Å²) in [6.45, 7) is 10.7. The molecule has 2 N–H and O–H groups in total. The molecule has 24 heavy (non-hydrogen) atoms. The number of rotatable bonds is 6. The largest absolute Gasteiger partial charge is 0.356 e. The molecule has 0 radical (unpaired) electrons. The minimum Gasteiger partial charge on any atom is -0.356 e. The van der Waals surface area contributed by atoms with Gasteiger partial charge < -0.3 is 10.6 Å². The molecule has 1 saturated heterocycles. The second kappa shape index (κ2) is 11.3. The van der Waals surface area contributed by atoms with E-state index in [-0.39, 0.29) is 24.0 Å². The van der Waals surface area contributed by atoms with Gasteiger partial charge in [-0.3, -0.25) is 9.89 Å². The Labute approximate surface area is 167 Å². The van der Waals surface area contributed by atoms with Gasteiger partial charge in [0.25, 0.3) is 0 Å². The van der Waals surface area contributed by atoms with Gasteiger partial charge in [0.15, 0.2) is 5.96 Å². The zero-order valence-corrected chi connectivity index (χ0v) is 18.5. The predicted octanol–water partition coefficient (Wildman–Crippen LogP) is 2.96. The maximum absolute atomic E-state index is 4.58. The number of nitrogens with one attached hydrogen (secondary N) is 2. The Balaban J connectivity index is 0.00000288. The van der Waals surface area contributed by atoms with Crippen LogP contribution in [0.4, 0.5) is 0 Å². The van der Waals surface area contributed by atoms with Gasteiger partial charge in [0.1, 0.15) is 0 Å². The molecule has 1 aliphatic heterocycles. The molecule has 1 aromatic rings. The van der Waals surface area contributed by atoms with Crippen LogP contribution in [0.25, 0.3) is 0 Å². The molecule has 0 aromatic carbocycles. The normalized spacial score (nSPS) is 19.0. The van der Waals surface area contributed by atoms with Crippen LogP contribution in [0.3, 0.4) is 0 Å². The van der Waals surface area contributed by atoms with E-state index in [1.54, 1.807) is 11.3 Å². The van der Waals surface area contributed by atoms with Crippen molar-refractivity contribution in [1.29, 1.82) is 0 Å². The lowest BCUT2D eigenvalue weighted by atomic mass is 10.0. The monoisotopic (exact) mass is 465 g/mol. The number of aromatic nitrogens is 1. The van der Waals surface area contributed by atoms with Gasteiger partial charge in [-0.2, -0.15) is 0 Å². The summed E-state index contributed by atoms with van der Waals surface area (Å²) in [7, 11) is 1.84. The topological polar surface area (TPSA) is 52.5 Å². The number of nitrogens with zero attached hydrogens (tertiary/aromatic N) is 3. The average Bonchev–Trinajstić information content (AvgIpc) is 2.89. The van der Waals surface area contributed by atoms with Crippen molar-refractivity contribution in [2.24, 2.45) is 4.99 Å². The van der Waals surface area contributed by atoms with Crippen LogP contribution < -0.4 is 10.6 Å². The minimum atomic E-state index is 0. The second-order valence-electron chi connectivity index (χ2n) is 6.16. The average molecular weight is 465 g/mol. The Morgan fingerprint density at radius 2 is 2.12 bits per heavy atom. The number of piperidine rings is 1. The van der Waals surface area contributed by atoms with E-state index in [4.69, 9.17) is 0 Å². The third-order valence-corrected chi connectivity index (χ3v) is 5.72. The SMILES string of the molecule is CCN1CCCCC1CNC(=NC)NCCc1nc(C)c(C)s1.I. The molecule has 2 heterocycles. The molecule has 1 fully saturated rings. The number of aliphatic imine (C=N–C) groups is 1. The van der Waals surface area contributed by atoms with Gasteiger partial charge in [-0.1, -0.05) is 13.3 Å². The van der Waals surface area contributed by atoms with Gasteiger partial charge in [0, 0.05) is 37.5 Å². The van der Waals surface area contributed by atoms with Gasteiger partial charge in [-0.05, 0) is 39.8 Å². The van der Waals surface area contributed by atoms with E-state index in [0.29, 0.717) is 6.04 Å². The molecule has 0 amide bonds. The third kappa shape index (κ3) is 6.48. The number of hydrogen-bond donors (Lipinski definition) is 2. The Kier molecular flexibility index (Phi) is 10.1. The molecule has 5 nitrogen and oxygen atoms in total. The number of hydrogen-bond acceptors (Lipinski definition) is 4. The molecule has 0 spiro atoms. The molecule has 0 bridgehead atoms. The van der Waals surface area contributed by atoms with Gasteiger partial charge >= 0.3 is 0 Å². The Bertz CT molecular complexity index is 498. The van der Waals surface area contributed by atoms with Crippen LogP contribution in [0.1, 0.15) is 41.8 Å². The van der Waals surface area contributed by atoms with Crippen LogP contribution in [0, 0.1) is 13.8 Å². The molecular formula is C17H32IN5S. The maximum atomic E-state index is 4.58. The smallest absolute Gasteiger partial charge is 0.191 e. The molecule has 0 aliphatic carbocycles. The standard InChI is InChI=1S/C17H31N5S.HI/c1-5-22-11-7-6-8-15(22)12-20-17(18-4)19-10-9-16-21-13(2)14(3)23-16;/h15H,5-12H2,1-4H3,(H2,18,19,20);1H. The van der Waals surface area contributed by atoms with Crippen LogP contribution in [-0.2, 0) is 6.42 Å². The summed E-state index contributed by atoms with van der Waals surface area (Å²) in [6, 6.07) is 0.636.